The lowest BCUT2D eigenvalue weighted by molar-refractivity contribution is -0.145. The molecule has 0 aromatic carbocycles. The van der Waals surface area contributed by atoms with Gasteiger partial charge in [-0.3, -0.25) is 4.79 Å². The molecule has 0 N–H and O–H groups in total. The second-order valence-electron chi connectivity index (χ2n) is 5.09. The molecule has 14 heavy (non-hydrogen) atoms. The van der Waals surface area contributed by atoms with E-state index in [-0.39, 0.29) is 16.8 Å². The third kappa shape index (κ3) is 3.75. The summed E-state index contributed by atoms with van der Waals surface area (Å²) in [7, 11) is 0. The first-order chi connectivity index (χ1) is 6.31. The summed E-state index contributed by atoms with van der Waals surface area (Å²) >= 11 is 1.69. The zero-order valence-electron chi connectivity index (χ0n) is 9.82. The molecule has 3 heteroatoms. The summed E-state index contributed by atoms with van der Waals surface area (Å²) in [4.78, 5) is 11.7. The van der Waals surface area contributed by atoms with Gasteiger partial charge >= 0.3 is 5.97 Å². The molecule has 0 aliphatic heterocycles. The molecule has 84 valence electrons. The summed E-state index contributed by atoms with van der Waals surface area (Å²) in [6.07, 6.45) is 2.58. The number of carbonyl (C=O) groups is 1. The molecular weight excluding hydrogens is 291 g/mol. The van der Waals surface area contributed by atoms with E-state index < -0.39 is 0 Å². The van der Waals surface area contributed by atoms with Gasteiger partial charge in [0.25, 0.3) is 0 Å². The minimum Gasteiger partial charge on any atom is -0.394 e. The molecule has 0 saturated heterocycles. The zero-order valence-corrected chi connectivity index (χ0v) is 12.0. The Morgan fingerprint density at radius 1 is 1.21 bits per heavy atom. The predicted octanol–water partition coefficient (Wildman–Crippen LogP) is 4.12. The molecule has 0 fully saturated rings. The summed E-state index contributed by atoms with van der Waals surface area (Å²) < 4.78 is 4.87. The van der Waals surface area contributed by atoms with Crippen LogP contribution in [0.2, 0.25) is 0 Å². The second kappa shape index (κ2) is 5.33. The van der Waals surface area contributed by atoms with E-state index in [2.05, 4.69) is 34.6 Å². The Hall–Kier alpha value is 0.200. The number of halogens is 1. The van der Waals surface area contributed by atoms with E-state index in [0.717, 1.165) is 19.3 Å². The van der Waals surface area contributed by atoms with Crippen LogP contribution in [0.3, 0.4) is 0 Å². The van der Waals surface area contributed by atoms with Gasteiger partial charge in [-0.2, -0.15) is 0 Å². The average molecular weight is 312 g/mol. The number of carbonyl (C=O) groups excluding carboxylic acids is 1. The highest BCUT2D eigenvalue weighted by Crippen LogP contribution is 2.40. The molecule has 0 rings (SSSR count). The molecule has 0 aliphatic carbocycles. The predicted molar refractivity (Wildman–Crippen MR) is 67.2 cm³/mol. The van der Waals surface area contributed by atoms with Crippen molar-refractivity contribution in [1.29, 1.82) is 0 Å². The molecule has 0 saturated carbocycles. The summed E-state index contributed by atoms with van der Waals surface area (Å²) in [5.74, 6) is -0.0713. The van der Waals surface area contributed by atoms with E-state index in [1.807, 2.05) is 0 Å². The van der Waals surface area contributed by atoms with Gasteiger partial charge in [0.15, 0.2) is 23.0 Å². The molecule has 2 nitrogen and oxygen atoms in total. The van der Waals surface area contributed by atoms with Crippen molar-refractivity contribution in [1.82, 2.24) is 0 Å². The Kier molecular flexibility index (Phi) is 5.41. The normalized spacial score (nSPS) is 12.7. The highest BCUT2D eigenvalue weighted by molar-refractivity contribution is 14.1. The fourth-order valence-corrected chi connectivity index (χ4v) is 2.42. The first-order valence-corrected chi connectivity index (χ1v) is 6.02. The van der Waals surface area contributed by atoms with Crippen LogP contribution in [-0.4, -0.2) is 5.97 Å². The smallest absolute Gasteiger partial charge is 0.321 e. The third-order valence-electron chi connectivity index (χ3n) is 2.73. The molecule has 0 amide bonds. The van der Waals surface area contributed by atoms with Crippen LogP contribution in [0.1, 0.15) is 53.9 Å². The quantitative estimate of drug-likeness (QED) is 0.730. The Morgan fingerprint density at radius 3 is 1.86 bits per heavy atom. The van der Waals surface area contributed by atoms with Crippen molar-refractivity contribution in [2.24, 2.45) is 10.8 Å². The standard InChI is InChI=1S/C11H21IO2/c1-6-11(7-2,9(13)14-12)8-10(3,4)5/h6-8H2,1-5H3. The van der Waals surface area contributed by atoms with Crippen LogP contribution < -0.4 is 0 Å². The summed E-state index contributed by atoms with van der Waals surface area (Å²) in [5, 5.41) is 0. The molecule has 0 bridgehead atoms. The first-order valence-electron chi connectivity index (χ1n) is 5.14. The molecular formula is C11H21IO2. The first kappa shape index (κ1) is 14.2. The van der Waals surface area contributed by atoms with Gasteiger partial charge < -0.3 is 3.07 Å². The minimum atomic E-state index is -0.292. The fourth-order valence-electron chi connectivity index (χ4n) is 1.96. The fraction of sp³-hybridized carbons (Fsp3) is 0.909. The number of hydrogen-bond acceptors (Lipinski definition) is 2. The van der Waals surface area contributed by atoms with Crippen molar-refractivity contribution in [3.63, 3.8) is 0 Å². The molecule has 0 aromatic heterocycles. The van der Waals surface area contributed by atoms with Gasteiger partial charge in [0.1, 0.15) is 0 Å². The van der Waals surface area contributed by atoms with E-state index >= 15 is 0 Å². The Balaban J connectivity index is 4.80. The molecule has 0 heterocycles. The Labute approximate surface area is 101 Å². The summed E-state index contributed by atoms with van der Waals surface area (Å²) in [6.45, 7) is 10.6. The summed E-state index contributed by atoms with van der Waals surface area (Å²) in [5.41, 5.74) is -0.129. The minimum absolute atomic E-state index is 0.0713. The second-order valence-corrected chi connectivity index (χ2v) is 5.53. The van der Waals surface area contributed by atoms with Gasteiger partial charge in [0, 0.05) is 0 Å². The molecule has 0 spiro atoms. The number of rotatable bonds is 4. The van der Waals surface area contributed by atoms with Crippen LogP contribution in [0.25, 0.3) is 0 Å². The average Bonchev–Trinajstić information content (AvgIpc) is 2.11. The van der Waals surface area contributed by atoms with Crippen LogP contribution in [0.15, 0.2) is 0 Å². The van der Waals surface area contributed by atoms with Crippen molar-refractivity contribution in [3.8, 4) is 0 Å². The van der Waals surface area contributed by atoms with Crippen molar-refractivity contribution in [2.75, 3.05) is 0 Å². The molecule has 0 atom stereocenters. The molecule has 0 radical (unpaired) electrons. The topological polar surface area (TPSA) is 26.3 Å². The van der Waals surface area contributed by atoms with Crippen molar-refractivity contribution in [2.45, 2.75) is 53.9 Å². The van der Waals surface area contributed by atoms with E-state index in [1.165, 1.54) is 0 Å². The lowest BCUT2D eigenvalue weighted by Crippen LogP contribution is -2.34. The molecule has 0 aromatic rings. The van der Waals surface area contributed by atoms with E-state index in [4.69, 9.17) is 3.07 Å². The molecule has 0 aliphatic rings. The van der Waals surface area contributed by atoms with Crippen molar-refractivity contribution >= 4 is 29.0 Å². The highest BCUT2D eigenvalue weighted by atomic mass is 127. The largest absolute Gasteiger partial charge is 0.394 e. The maximum Gasteiger partial charge on any atom is 0.321 e. The van der Waals surface area contributed by atoms with Crippen molar-refractivity contribution < 1.29 is 7.86 Å². The van der Waals surface area contributed by atoms with Gasteiger partial charge in [-0.25, -0.2) is 0 Å². The Bertz CT molecular complexity index is 190. The highest BCUT2D eigenvalue weighted by Gasteiger charge is 2.39. The van der Waals surface area contributed by atoms with E-state index in [9.17, 15) is 4.79 Å². The monoisotopic (exact) mass is 312 g/mol. The van der Waals surface area contributed by atoms with E-state index in [0.29, 0.717) is 0 Å². The van der Waals surface area contributed by atoms with Gasteiger partial charge in [-0.05, 0) is 24.7 Å². The maximum atomic E-state index is 11.7. The van der Waals surface area contributed by atoms with Crippen LogP contribution in [0.4, 0.5) is 0 Å². The van der Waals surface area contributed by atoms with Crippen LogP contribution in [0, 0.1) is 10.8 Å². The van der Waals surface area contributed by atoms with Crippen LogP contribution in [0.5, 0.6) is 0 Å². The number of hydrogen-bond donors (Lipinski definition) is 0. The van der Waals surface area contributed by atoms with Gasteiger partial charge in [-0.1, -0.05) is 34.6 Å². The van der Waals surface area contributed by atoms with Crippen molar-refractivity contribution in [3.05, 3.63) is 0 Å². The SMILES string of the molecule is CCC(CC)(CC(C)(C)C)C(=O)OI. The summed E-state index contributed by atoms with van der Waals surface area (Å²) in [6, 6.07) is 0. The lowest BCUT2D eigenvalue weighted by atomic mass is 9.70. The lowest BCUT2D eigenvalue weighted by Gasteiger charge is -2.34. The van der Waals surface area contributed by atoms with Crippen LogP contribution in [-0.2, 0) is 7.86 Å². The van der Waals surface area contributed by atoms with Crippen LogP contribution >= 0.6 is 23.0 Å². The zero-order chi connectivity index (χ0) is 11.4. The maximum absolute atomic E-state index is 11.7. The molecule has 0 unspecified atom stereocenters. The van der Waals surface area contributed by atoms with E-state index in [1.54, 1.807) is 23.0 Å². The van der Waals surface area contributed by atoms with Gasteiger partial charge in [-0.15, -0.1) is 0 Å². The Morgan fingerprint density at radius 2 is 1.64 bits per heavy atom. The van der Waals surface area contributed by atoms with Gasteiger partial charge in [0.05, 0.1) is 5.41 Å². The van der Waals surface area contributed by atoms with Gasteiger partial charge in [0.2, 0.25) is 0 Å². The third-order valence-corrected chi connectivity index (χ3v) is 3.13.